The third-order valence-corrected chi connectivity index (χ3v) is 2.15. The van der Waals surface area contributed by atoms with Crippen molar-refractivity contribution in [2.24, 2.45) is 0 Å². The largest absolute Gasteiger partial charge is 0.438 e. The van der Waals surface area contributed by atoms with Gasteiger partial charge in [-0.05, 0) is 19.1 Å². The number of amides is 1. The summed E-state index contributed by atoms with van der Waals surface area (Å²) in [4.78, 5) is 19.4. The molecular weight excluding hydrogens is 230 g/mol. The Morgan fingerprint density at radius 3 is 2.94 bits per heavy atom. The lowest BCUT2D eigenvalue weighted by Crippen LogP contribution is -2.13. The van der Waals surface area contributed by atoms with Crippen LogP contribution in [0.15, 0.2) is 29.1 Å². The molecule has 2 rings (SSSR count). The number of carbonyl (C=O) groups is 1. The summed E-state index contributed by atoms with van der Waals surface area (Å²) in [7, 11) is 0. The molecule has 0 bridgehead atoms. The molecule has 82 valence electrons. The van der Waals surface area contributed by atoms with Crippen LogP contribution in [0.2, 0.25) is 5.02 Å². The van der Waals surface area contributed by atoms with E-state index in [4.69, 9.17) is 16.0 Å². The lowest BCUT2D eigenvalue weighted by Gasteiger charge is -2.02. The van der Waals surface area contributed by atoms with Crippen molar-refractivity contribution in [3.63, 3.8) is 0 Å². The summed E-state index contributed by atoms with van der Waals surface area (Å²) in [6, 6.07) is 3.17. The third kappa shape index (κ3) is 2.20. The van der Waals surface area contributed by atoms with E-state index < -0.39 is 5.91 Å². The Labute approximate surface area is 96.5 Å². The quantitative estimate of drug-likeness (QED) is 0.870. The first-order chi connectivity index (χ1) is 7.66. The molecule has 0 fully saturated rings. The zero-order chi connectivity index (χ0) is 11.5. The van der Waals surface area contributed by atoms with E-state index in [9.17, 15) is 4.79 Å². The molecule has 0 aliphatic heterocycles. The summed E-state index contributed by atoms with van der Waals surface area (Å²) >= 11 is 5.76. The van der Waals surface area contributed by atoms with Gasteiger partial charge in [0, 0.05) is 11.2 Å². The van der Waals surface area contributed by atoms with E-state index in [1.807, 2.05) is 0 Å². The number of pyridine rings is 1. The first-order valence-electron chi connectivity index (χ1n) is 4.50. The Balaban J connectivity index is 2.17. The summed E-state index contributed by atoms with van der Waals surface area (Å²) in [6.07, 6.45) is 2.72. The number of oxazole rings is 1. The second-order valence-electron chi connectivity index (χ2n) is 3.08. The van der Waals surface area contributed by atoms with E-state index in [2.05, 4.69) is 15.3 Å². The summed E-state index contributed by atoms with van der Waals surface area (Å²) in [5.41, 5.74) is 0.527. The number of hydrogen-bond acceptors (Lipinski definition) is 4. The normalized spacial score (nSPS) is 10.1. The van der Waals surface area contributed by atoms with Gasteiger partial charge in [0.2, 0.25) is 5.76 Å². The van der Waals surface area contributed by atoms with Gasteiger partial charge < -0.3 is 9.73 Å². The lowest BCUT2D eigenvalue weighted by atomic mass is 10.3. The van der Waals surface area contributed by atoms with E-state index in [0.29, 0.717) is 16.5 Å². The van der Waals surface area contributed by atoms with Gasteiger partial charge in [0.1, 0.15) is 5.82 Å². The summed E-state index contributed by atoms with van der Waals surface area (Å²) in [5, 5.41) is 3.06. The van der Waals surface area contributed by atoms with E-state index in [1.54, 1.807) is 19.1 Å². The average Bonchev–Trinajstić information content (AvgIpc) is 2.64. The Hall–Kier alpha value is -1.88. The molecule has 6 heteroatoms. The van der Waals surface area contributed by atoms with Gasteiger partial charge in [-0.25, -0.2) is 9.97 Å². The minimum absolute atomic E-state index is 0.168. The van der Waals surface area contributed by atoms with Crippen LogP contribution in [0.25, 0.3) is 0 Å². The summed E-state index contributed by atoms with van der Waals surface area (Å²) in [6.45, 7) is 1.68. The predicted molar refractivity (Wildman–Crippen MR) is 58.4 cm³/mol. The van der Waals surface area contributed by atoms with Gasteiger partial charge in [0.25, 0.3) is 5.91 Å². The molecule has 0 spiro atoms. The van der Waals surface area contributed by atoms with Crippen molar-refractivity contribution in [2.75, 3.05) is 5.32 Å². The number of rotatable bonds is 2. The highest BCUT2D eigenvalue weighted by molar-refractivity contribution is 6.30. The van der Waals surface area contributed by atoms with E-state index in [-0.39, 0.29) is 5.76 Å². The fraction of sp³-hybridized carbons (Fsp3) is 0.100. The Kier molecular flexibility index (Phi) is 2.87. The monoisotopic (exact) mass is 237 g/mol. The summed E-state index contributed by atoms with van der Waals surface area (Å²) in [5.74, 6) is 0.139. The number of anilines is 1. The Morgan fingerprint density at radius 2 is 2.31 bits per heavy atom. The van der Waals surface area contributed by atoms with Crippen LogP contribution in [-0.2, 0) is 0 Å². The molecule has 0 aliphatic rings. The molecular formula is C10H8ClN3O2. The summed E-state index contributed by atoms with van der Waals surface area (Å²) < 4.78 is 4.94. The highest BCUT2D eigenvalue weighted by Crippen LogP contribution is 2.13. The van der Waals surface area contributed by atoms with Crippen molar-refractivity contribution >= 4 is 23.3 Å². The number of nitrogens with one attached hydrogen (secondary N) is 1. The van der Waals surface area contributed by atoms with Crippen LogP contribution in [-0.4, -0.2) is 15.9 Å². The van der Waals surface area contributed by atoms with Crippen molar-refractivity contribution in [2.45, 2.75) is 6.92 Å². The van der Waals surface area contributed by atoms with Crippen LogP contribution in [0, 0.1) is 6.92 Å². The van der Waals surface area contributed by atoms with Crippen molar-refractivity contribution in [1.29, 1.82) is 0 Å². The molecule has 2 aromatic heterocycles. The van der Waals surface area contributed by atoms with Crippen molar-refractivity contribution < 1.29 is 9.21 Å². The molecule has 2 heterocycles. The second-order valence-corrected chi connectivity index (χ2v) is 3.52. The number of halogens is 1. The highest BCUT2D eigenvalue weighted by atomic mass is 35.5. The van der Waals surface area contributed by atoms with Gasteiger partial charge in [-0.15, -0.1) is 0 Å². The average molecular weight is 238 g/mol. The maximum Gasteiger partial charge on any atom is 0.294 e. The molecule has 0 aliphatic carbocycles. The van der Waals surface area contributed by atoms with E-state index >= 15 is 0 Å². The highest BCUT2D eigenvalue weighted by Gasteiger charge is 2.14. The molecule has 0 aromatic carbocycles. The topological polar surface area (TPSA) is 68.0 Å². The first kappa shape index (κ1) is 10.6. The Morgan fingerprint density at radius 1 is 1.50 bits per heavy atom. The van der Waals surface area contributed by atoms with Crippen LogP contribution in [0.4, 0.5) is 5.82 Å². The number of hydrogen-bond donors (Lipinski definition) is 1. The molecule has 1 N–H and O–H groups in total. The molecule has 2 aromatic rings. The predicted octanol–water partition coefficient (Wildman–Crippen LogP) is 2.28. The van der Waals surface area contributed by atoms with Crippen LogP contribution in [0.1, 0.15) is 16.2 Å². The third-order valence-electron chi connectivity index (χ3n) is 1.92. The molecule has 0 saturated heterocycles. The van der Waals surface area contributed by atoms with Crippen molar-refractivity contribution in [1.82, 2.24) is 9.97 Å². The van der Waals surface area contributed by atoms with Gasteiger partial charge in [0.15, 0.2) is 6.39 Å². The van der Waals surface area contributed by atoms with E-state index in [0.717, 1.165) is 0 Å². The molecule has 0 unspecified atom stereocenters. The minimum atomic E-state index is -0.398. The number of nitrogens with zero attached hydrogens (tertiary/aromatic N) is 2. The van der Waals surface area contributed by atoms with Crippen LogP contribution in [0.3, 0.4) is 0 Å². The lowest BCUT2D eigenvalue weighted by molar-refractivity contribution is 0.0995. The van der Waals surface area contributed by atoms with Crippen LogP contribution in [0.5, 0.6) is 0 Å². The minimum Gasteiger partial charge on any atom is -0.438 e. The van der Waals surface area contributed by atoms with Crippen LogP contribution >= 0.6 is 11.6 Å². The smallest absolute Gasteiger partial charge is 0.294 e. The Bertz CT molecular complexity index is 524. The standard InChI is InChI=1S/C10H8ClN3O2/c1-6-9(16-5-13-6)10(15)14-8-4-7(11)2-3-12-8/h2-5H,1H3,(H,12,14,15). The molecule has 5 nitrogen and oxygen atoms in total. The van der Waals surface area contributed by atoms with Gasteiger partial charge >= 0.3 is 0 Å². The van der Waals surface area contributed by atoms with Crippen LogP contribution < -0.4 is 5.32 Å². The fourth-order valence-electron chi connectivity index (χ4n) is 1.17. The molecule has 1 amide bonds. The molecule has 16 heavy (non-hydrogen) atoms. The molecule has 0 atom stereocenters. The first-order valence-corrected chi connectivity index (χ1v) is 4.87. The SMILES string of the molecule is Cc1ncoc1C(=O)Nc1cc(Cl)ccn1. The van der Waals surface area contributed by atoms with Gasteiger partial charge in [0.05, 0.1) is 5.69 Å². The van der Waals surface area contributed by atoms with Crippen molar-refractivity contribution in [3.05, 3.63) is 41.2 Å². The van der Waals surface area contributed by atoms with Gasteiger partial charge in [-0.3, -0.25) is 4.79 Å². The fourth-order valence-corrected chi connectivity index (χ4v) is 1.33. The second kappa shape index (κ2) is 4.32. The maximum atomic E-state index is 11.7. The van der Waals surface area contributed by atoms with Gasteiger partial charge in [-0.2, -0.15) is 0 Å². The van der Waals surface area contributed by atoms with Gasteiger partial charge in [-0.1, -0.05) is 11.6 Å². The zero-order valence-corrected chi connectivity index (χ0v) is 9.15. The van der Waals surface area contributed by atoms with Crippen molar-refractivity contribution in [3.8, 4) is 0 Å². The molecule has 0 radical (unpaired) electrons. The molecule has 0 saturated carbocycles. The zero-order valence-electron chi connectivity index (χ0n) is 8.40. The van der Waals surface area contributed by atoms with E-state index in [1.165, 1.54) is 12.6 Å². The number of aryl methyl sites for hydroxylation is 1. The number of aromatic nitrogens is 2. The maximum absolute atomic E-state index is 11.7. The number of carbonyl (C=O) groups excluding carboxylic acids is 1.